The van der Waals surface area contributed by atoms with Gasteiger partial charge >= 0.3 is 0 Å². The molecule has 2 aromatic carbocycles. The maximum absolute atomic E-state index is 11.5. The Morgan fingerprint density at radius 1 is 0.917 bits per heavy atom. The summed E-state index contributed by atoms with van der Waals surface area (Å²) < 4.78 is 32.3. The zero-order valence-corrected chi connectivity index (χ0v) is 15.4. The van der Waals surface area contributed by atoms with Crippen LogP contribution in [0, 0.1) is 0 Å². The molecule has 0 atom stereocenters. The van der Waals surface area contributed by atoms with Crippen LogP contribution >= 0.6 is 0 Å². The monoisotopic (exact) mass is 346 g/mol. The van der Waals surface area contributed by atoms with E-state index in [2.05, 4.69) is 45.0 Å². The van der Waals surface area contributed by atoms with Gasteiger partial charge in [-0.3, -0.25) is 4.55 Å². The van der Waals surface area contributed by atoms with E-state index in [-0.39, 0.29) is 10.3 Å². The molecule has 4 heteroatoms. The van der Waals surface area contributed by atoms with Gasteiger partial charge in [0.25, 0.3) is 10.1 Å². The first-order valence-corrected chi connectivity index (χ1v) is 9.83. The molecule has 0 aliphatic carbocycles. The number of hydrogen-bond acceptors (Lipinski definition) is 2. The second kappa shape index (κ2) is 7.49. The van der Waals surface area contributed by atoms with Crippen molar-refractivity contribution in [2.45, 2.75) is 56.8 Å². The van der Waals surface area contributed by atoms with Gasteiger partial charge in [-0.15, -0.1) is 0 Å². The van der Waals surface area contributed by atoms with Gasteiger partial charge in [-0.25, -0.2) is 0 Å². The minimum Gasteiger partial charge on any atom is -0.282 e. The topological polar surface area (TPSA) is 54.4 Å². The summed E-state index contributed by atoms with van der Waals surface area (Å²) in [5, 5.41) is 0. The minimum absolute atomic E-state index is 0.0205. The fourth-order valence-corrected chi connectivity index (χ4v) is 3.77. The fourth-order valence-electron chi connectivity index (χ4n) is 3.02. The number of aryl methyl sites for hydroxylation is 2. The lowest BCUT2D eigenvalue weighted by molar-refractivity contribution is 0.482. The van der Waals surface area contributed by atoms with E-state index in [1.165, 1.54) is 17.2 Å². The molecule has 0 aliphatic rings. The summed E-state index contributed by atoms with van der Waals surface area (Å²) in [5.41, 5.74) is 3.47. The highest BCUT2D eigenvalue weighted by molar-refractivity contribution is 7.85. The van der Waals surface area contributed by atoms with Crippen molar-refractivity contribution in [3.8, 4) is 0 Å². The van der Waals surface area contributed by atoms with E-state index in [0.29, 0.717) is 12.0 Å². The molecule has 0 fully saturated rings. The van der Waals surface area contributed by atoms with Crippen molar-refractivity contribution in [3.05, 3.63) is 65.2 Å². The number of rotatable bonds is 7. The van der Waals surface area contributed by atoms with Crippen LogP contribution in [0.25, 0.3) is 0 Å². The quantitative estimate of drug-likeness (QED) is 0.733. The van der Waals surface area contributed by atoms with Crippen molar-refractivity contribution < 1.29 is 13.0 Å². The smallest absolute Gasteiger partial charge is 0.282 e. The van der Waals surface area contributed by atoms with Crippen LogP contribution in [-0.2, 0) is 28.4 Å². The molecule has 0 aromatic heterocycles. The summed E-state index contributed by atoms with van der Waals surface area (Å²) in [6.07, 6.45) is 3.41. The lowest BCUT2D eigenvalue weighted by Crippen LogP contribution is -2.18. The van der Waals surface area contributed by atoms with Crippen LogP contribution in [0.1, 0.15) is 50.3 Å². The van der Waals surface area contributed by atoms with Gasteiger partial charge in [-0.2, -0.15) is 8.42 Å². The van der Waals surface area contributed by atoms with E-state index < -0.39 is 10.1 Å². The fraction of sp³-hybridized carbons (Fsp3) is 0.400. The summed E-state index contributed by atoms with van der Waals surface area (Å²) in [7, 11) is -4.16. The third-order valence-corrected chi connectivity index (χ3v) is 5.73. The van der Waals surface area contributed by atoms with Crippen LogP contribution in [0.3, 0.4) is 0 Å². The molecule has 0 radical (unpaired) electrons. The van der Waals surface area contributed by atoms with Gasteiger partial charge in [0, 0.05) is 0 Å². The van der Waals surface area contributed by atoms with Gasteiger partial charge in [-0.1, -0.05) is 63.2 Å². The van der Waals surface area contributed by atoms with Gasteiger partial charge in [-0.05, 0) is 53.9 Å². The summed E-state index contributed by atoms with van der Waals surface area (Å²) in [5.74, 6) is 0. The van der Waals surface area contributed by atoms with E-state index in [0.717, 1.165) is 19.3 Å². The van der Waals surface area contributed by atoms with Gasteiger partial charge in [0.05, 0.1) is 4.90 Å². The zero-order valence-electron chi connectivity index (χ0n) is 14.6. The normalized spacial score (nSPS) is 12.3. The zero-order chi connectivity index (χ0) is 17.8. The van der Waals surface area contributed by atoms with Crippen LogP contribution in [0.15, 0.2) is 53.4 Å². The van der Waals surface area contributed by atoms with Crippen LogP contribution in [0.5, 0.6) is 0 Å². The van der Waals surface area contributed by atoms with E-state index in [1.807, 2.05) is 0 Å². The molecule has 0 unspecified atom stereocenters. The van der Waals surface area contributed by atoms with Crippen molar-refractivity contribution >= 4 is 10.1 Å². The Kier molecular flexibility index (Phi) is 5.83. The molecular weight excluding hydrogens is 320 g/mol. The lowest BCUT2D eigenvalue weighted by atomic mass is 9.79. The molecular formula is C20H26O3S. The molecule has 130 valence electrons. The molecule has 24 heavy (non-hydrogen) atoms. The predicted molar refractivity (Wildman–Crippen MR) is 98.0 cm³/mol. The summed E-state index contributed by atoms with van der Waals surface area (Å²) >= 11 is 0. The largest absolute Gasteiger partial charge is 0.294 e. The first-order valence-electron chi connectivity index (χ1n) is 8.39. The summed E-state index contributed by atoms with van der Waals surface area (Å²) in [6.45, 7) is 6.69. The van der Waals surface area contributed by atoms with Crippen molar-refractivity contribution in [2.24, 2.45) is 0 Å². The van der Waals surface area contributed by atoms with Crippen molar-refractivity contribution in [3.63, 3.8) is 0 Å². The van der Waals surface area contributed by atoms with Gasteiger partial charge < -0.3 is 0 Å². The molecule has 0 amide bonds. The Bertz CT molecular complexity index is 792. The molecule has 0 saturated heterocycles. The Morgan fingerprint density at radius 2 is 1.46 bits per heavy atom. The standard InChI is InChI=1S/C20H26O3S/c1-4-20(2,3)18-14-7-5-10-16(18)12-9-13-17-11-6-8-15-19(17)24(21,22)23/h5-8,10-11,14-15H,4,9,12-13H2,1-3H3,(H,21,22,23). The highest BCUT2D eigenvalue weighted by Gasteiger charge is 2.21. The molecule has 0 heterocycles. The molecule has 0 spiro atoms. The Hall–Kier alpha value is -1.65. The summed E-state index contributed by atoms with van der Waals surface area (Å²) in [6, 6.07) is 15.1. The Morgan fingerprint density at radius 3 is 2.08 bits per heavy atom. The van der Waals surface area contributed by atoms with E-state index >= 15 is 0 Å². The number of hydrogen-bond donors (Lipinski definition) is 1. The first kappa shape index (κ1) is 18.7. The van der Waals surface area contributed by atoms with Crippen molar-refractivity contribution in [2.75, 3.05) is 0 Å². The highest BCUT2D eigenvalue weighted by Crippen LogP contribution is 2.30. The van der Waals surface area contributed by atoms with Crippen LogP contribution in [0.4, 0.5) is 0 Å². The molecule has 0 bridgehead atoms. The summed E-state index contributed by atoms with van der Waals surface area (Å²) in [4.78, 5) is 0.0205. The van der Waals surface area contributed by atoms with E-state index in [4.69, 9.17) is 0 Å². The molecule has 0 aliphatic heterocycles. The number of benzene rings is 2. The van der Waals surface area contributed by atoms with Gasteiger partial charge in [0.15, 0.2) is 0 Å². The third kappa shape index (κ3) is 4.46. The van der Waals surface area contributed by atoms with E-state index in [9.17, 15) is 13.0 Å². The Labute approximate surface area is 145 Å². The predicted octanol–water partition coefficient (Wildman–Crippen LogP) is 4.80. The molecule has 2 rings (SSSR count). The molecule has 3 nitrogen and oxygen atoms in total. The van der Waals surface area contributed by atoms with Crippen LogP contribution < -0.4 is 0 Å². The average molecular weight is 346 g/mol. The molecule has 0 saturated carbocycles. The average Bonchev–Trinajstić information content (AvgIpc) is 2.55. The SMILES string of the molecule is CCC(C)(C)c1ccccc1CCCc1ccccc1S(=O)(=O)O. The Balaban J connectivity index is 2.15. The van der Waals surface area contributed by atoms with Gasteiger partial charge in [0.1, 0.15) is 0 Å². The second-order valence-electron chi connectivity index (χ2n) is 6.83. The van der Waals surface area contributed by atoms with Crippen LogP contribution in [-0.4, -0.2) is 13.0 Å². The van der Waals surface area contributed by atoms with Gasteiger partial charge in [0.2, 0.25) is 0 Å². The molecule has 2 aromatic rings. The van der Waals surface area contributed by atoms with Crippen molar-refractivity contribution in [1.29, 1.82) is 0 Å². The van der Waals surface area contributed by atoms with Crippen LogP contribution in [0.2, 0.25) is 0 Å². The second-order valence-corrected chi connectivity index (χ2v) is 8.22. The maximum atomic E-state index is 11.5. The lowest BCUT2D eigenvalue weighted by Gasteiger charge is -2.26. The third-order valence-electron chi connectivity index (χ3n) is 4.77. The maximum Gasteiger partial charge on any atom is 0.294 e. The van der Waals surface area contributed by atoms with Crippen molar-refractivity contribution in [1.82, 2.24) is 0 Å². The molecule has 1 N–H and O–H groups in total. The van der Waals surface area contributed by atoms with E-state index in [1.54, 1.807) is 18.2 Å². The first-order chi connectivity index (χ1) is 11.3. The minimum atomic E-state index is -4.16. The highest BCUT2D eigenvalue weighted by atomic mass is 32.2.